The maximum absolute atomic E-state index is 13.2. The van der Waals surface area contributed by atoms with Gasteiger partial charge in [-0.1, -0.05) is 70.3 Å². The molecule has 202 valence electrons. The van der Waals surface area contributed by atoms with Crippen molar-refractivity contribution in [3.63, 3.8) is 0 Å². The molecule has 0 spiro atoms. The summed E-state index contributed by atoms with van der Waals surface area (Å²) < 4.78 is 4.91. The number of oxime groups is 1. The average molecular weight is 589 g/mol. The number of carbonyl (C=O) groups excluding carboxylic acids is 3. The van der Waals surface area contributed by atoms with E-state index in [1.54, 1.807) is 67.6 Å². The van der Waals surface area contributed by atoms with E-state index >= 15 is 0 Å². The first-order valence-corrected chi connectivity index (χ1v) is 13.0. The molecule has 0 aromatic heterocycles. The Morgan fingerprint density at radius 2 is 1.69 bits per heavy atom. The van der Waals surface area contributed by atoms with Gasteiger partial charge in [0.05, 0.1) is 28.4 Å². The Kier molecular flexibility index (Phi) is 8.80. The van der Waals surface area contributed by atoms with Crippen LogP contribution in [0.4, 0.5) is 5.69 Å². The highest BCUT2D eigenvalue weighted by Crippen LogP contribution is 2.28. The van der Waals surface area contributed by atoms with Gasteiger partial charge in [0.1, 0.15) is 6.04 Å². The Hall–Kier alpha value is -3.59. The van der Waals surface area contributed by atoms with E-state index in [9.17, 15) is 14.4 Å². The summed E-state index contributed by atoms with van der Waals surface area (Å²) in [6.45, 7) is 1.60. The summed E-state index contributed by atoms with van der Waals surface area (Å²) in [6.07, 6.45) is 0.331. The molecular formula is C28H24Cl3N3O5. The van der Waals surface area contributed by atoms with E-state index in [0.29, 0.717) is 22.0 Å². The highest BCUT2D eigenvalue weighted by molar-refractivity contribution is 6.40. The monoisotopic (exact) mass is 587 g/mol. The SMILES string of the molecule is COC(=O)[C@H](Cc1ccc(NC(=O)c2c(Cl)cccc2Cl)cc1)NC(=O)C1(C)CC(c2cccc(Cl)c2)=NO1. The number of anilines is 1. The number of carbonyl (C=O) groups is 3. The lowest BCUT2D eigenvalue weighted by atomic mass is 9.94. The summed E-state index contributed by atoms with van der Waals surface area (Å²) in [6, 6.07) is 17.7. The molecule has 3 aromatic carbocycles. The molecular weight excluding hydrogens is 565 g/mol. The molecule has 2 N–H and O–H groups in total. The Labute approximate surface area is 240 Å². The van der Waals surface area contributed by atoms with E-state index < -0.39 is 29.4 Å². The van der Waals surface area contributed by atoms with E-state index in [2.05, 4.69) is 15.8 Å². The minimum Gasteiger partial charge on any atom is -0.467 e. The third-order valence-corrected chi connectivity index (χ3v) is 7.00. The number of halogens is 3. The van der Waals surface area contributed by atoms with Crippen LogP contribution in [0.5, 0.6) is 0 Å². The van der Waals surface area contributed by atoms with Crippen molar-refractivity contribution in [1.29, 1.82) is 0 Å². The second-order valence-corrected chi connectivity index (χ2v) is 10.3. The number of benzene rings is 3. The molecule has 1 heterocycles. The second-order valence-electron chi connectivity index (χ2n) is 9.05. The van der Waals surface area contributed by atoms with Crippen molar-refractivity contribution in [3.8, 4) is 0 Å². The summed E-state index contributed by atoms with van der Waals surface area (Å²) in [7, 11) is 1.24. The Balaban J connectivity index is 1.41. The zero-order chi connectivity index (χ0) is 28.2. The number of nitrogens with one attached hydrogen (secondary N) is 2. The molecule has 2 amide bonds. The normalized spacial score (nSPS) is 17.0. The molecule has 1 aliphatic rings. The third-order valence-electron chi connectivity index (χ3n) is 6.13. The largest absolute Gasteiger partial charge is 0.467 e. The Bertz CT molecular complexity index is 1420. The van der Waals surface area contributed by atoms with Crippen LogP contribution in [0, 0.1) is 0 Å². The van der Waals surface area contributed by atoms with Gasteiger partial charge in [-0.2, -0.15) is 0 Å². The first-order chi connectivity index (χ1) is 18.6. The lowest BCUT2D eigenvalue weighted by molar-refractivity contribution is -0.150. The van der Waals surface area contributed by atoms with E-state index in [0.717, 1.165) is 5.56 Å². The zero-order valence-electron chi connectivity index (χ0n) is 21.0. The van der Waals surface area contributed by atoms with Crippen molar-refractivity contribution in [2.45, 2.75) is 31.4 Å². The minimum absolute atomic E-state index is 0.140. The molecule has 0 saturated heterocycles. The van der Waals surface area contributed by atoms with Gasteiger partial charge in [-0.3, -0.25) is 9.59 Å². The summed E-state index contributed by atoms with van der Waals surface area (Å²) in [4.78, 5) is 43.8. The van der Waals surface area contributed by atoms with Gasteiger partial charge >= 0.3 is 5.97 Å². The highest BCUT2D eigenvalue weighted by atomic mass is 35.5. The lowest BCUT2D eigenvalue weighted by Gasteiger charge is -2.24. The molecule has 0 saturated carbocycles. The molecule has 3 aromatic rings. The zero-order valence-corrected chi connectivity index (χ0v) is 23.2. The van der Waals surface area contributed by atoms with E-state index in [1.165, 1.54) is 7.11 Å². The van der Waals surface area contributed by atoms with Crippen molar-refractivity contribution < 1.29 is 24.0 Å². The van der Waals surface area contributed by atoms with Crippen LogP contribution in [0.1, 0.15) is 34.8 Å². The summed E-state index contributed by atoms with van der Waals surface area (Å²) in [5.41, 5.74) is 1.37. The van der Waals surface area contributed by atoms with Crippen molar-refractivity contribution in [1.82, 2.24) is 5.32 Å². The molecule has 0 radical (unpaired) electrons. The number of hydrogen-bond acceptors (Lipinski definition) is 6. The minimum atomic E-state index is -1.32. The number of nitrogens with zero attached hydrogens (tertiary/aromatic N) is 1. The molecule has 1 aliphatic heterocycles. The van der Waals surface area contributed by atoms with Gasteiger partial charge in [-0.05, 0) is 48.9 Å². The Morgan fingerprint density at radius 1 is 1.03 bits per heavy atom. The van der Waals surface area contributed by atoms with Crippen molar-refractivity contribution in [2.75, 3.05) is 12.4 Å². The molecule has 0 bridgehead atoms. The number of esters is 1. The van der Waals surface area contributed by atoms with Crippen LogP contribution in [-0.2, 0) is 25.6 Å². The van der Waals surface area contributed by atoms with Crippen LogP contribution in [-0.4, -0.2) is 42.2 Å². The molecule has 11 heteroatoms. The van der Waals surface area contributed by atoms with Crippen molar-refractivity contribution >= 4 is 64.0 Å². The topological polar surface area (TPSA) is 106 Å². The summed E-state index contributed by atoms with van der Waals surface area (Å²) in [5.74, 6) is -1.59. The number of rotatable bonds is 8. The van der Waals surface area contributed by atoms with Gasteiger partial charge < -0.3 is 20.2 Å². The van der Waals surface area contributed by atoms with Crippen LogP contribution in [0.2, 0.25) is 15.1 Å². The summed E-state index contributed by atoms with van der Waals surface area (Å²) >= 11 is 18.3. The molecule has 4 rings (SSSR count). The van der Waals surface area contributed by atoms with Gasteiger partial charge in [0, 0.05) is 29.1 Å². The quantitative estimate of drug-likeness (QED) is 0.329. The predicted molar refractivity (Wildman–Crippen MR) is 151 cm³/mol. The van der Waals surface area contributed by atoms with Gasteiger partial charge in [-0.15, -0.1) is 0 Å². The standard InChI is InChI=1S/C28H24Cl3N3O5/c1-28(15-23(34-39-28)17-5-3-6-18(29)14-17)27(37)33-22(26(36)38-2)13-16-9-11-19(12-10-16)32-25(35)24-20(30)7-4-8-21(24)31/h3-12,14,22H,13,15H2,1-2H3,(H,32,35)(H,33,37)/t22-,28?/m0/s1. The highest BCUT2D eigenvalue weighted by Gasteiger charge is 2.43. The van der Waals surface area contributed by atoms with Crippen molar-refractivity contribution in [3.05, 3.63) is 98.5 Å². The third kappa shape index (κ3) is 6.71. The molecule has 1 unspecified atom stereocenters. The second kappa shape index (κ2) is 12.1. The molecule has 2 atom stereocenters. The summed E-state index contributed by atoms with van der Waals surface area (Å²) in [5, 5.41) is 10.6. The van der Waals surface area contributed by atoms with Crippen LogP contribution in [0.15, 0.2) is 71.9 Å². The van der Waals surface area contributed by atoms with Crippen LogP contribution in [0.3, 0.4) is 0 Å². The average Bonchev–Trinajstić information content (AvgIpc) is 3.32. The van der Waals surface area contributed by atoms with Gasteiger partial charge in [0.25, 0.3) is 11.8 Å². The van der Waals surface area contributed by atoms with Crippen molar-refractivity contribution in [2.24, 2.45) is 5.16 Å². The number of ether oxygens (including phenoxy) is 1. The number of methoxy groups -OCH3 is 1. The number of hydrogen-bond donors (Lipinski definition) is 2. The van der Waals surface area contributed by atoms with Crippen LogP contribution < -0.4 is 10.6 Å². The Morgan fingerprint density at radius 3 is 2.33 bits per heavy atom. The first-order valence-electron chi connectivity index (χ1n) is 11.8. The maximum atomic E-state index is 13.2. The van der Waals surface area contributed by atoms with E-state index in [-0.39, 0.29) is 28.5 Å². The van der Waals surface area contributed by atoms with E-state index in [4.69, 9.17) is 44.4 Å². The smallest absolute Gasteiger partial charge is 0.328 e. The predicted octanol–water partition coefficient (Wildman–Crippen LogP) is 5.68. The fourth-order valence-corrected chi connectivity index (χ4v) is 4.76. The number of amides is 2. The van der Waals surface area contributed by atoms with E-state index in [1.807, 2.05) is 6.07 Å². The molecule has 39 heavy (non-hydrogen) atoms. The van der Waals surface area contributed by atoms with Gasteiger partial charge in [-0.25, -0.2) is 4.79 Å². The van der Waals surface area contributed by atoms with Crippen LogP contribution >= 0.6 is 34.8 Å². The molecule has 0 fully saturated rings. The fourth-order valence-electron chi connectivity index (χ4n) is 4.00. The van der Waals surface area contributed by atoms with Crippen LogP contribution in [0.25, 0.3) is 0 Å². The first kappa shape index (κ1) is 28.4. The van der Waals surface area contributed by atoms with Gasteiger partial charge in [0.2, 0.25) is 5.60 Å². The maximum Gasteiger partial charge on any atom is 0.328 e. The lowest BCUT2D eigenvalue weighted by Crippen LogP contribution is -2.52. The van der Waals surface area contributed by atoms with Gasteiger partial charge in [0.15, 0.2) is 0 Å². The molecule has 0 aliphatic carbocycles. The fraction of sp³-hybridized carbons (Fsp3) is 0.214. The molecule has 8 nitrogen and oxygen atoms in total.